The zero-order chi connectivity index (χ0) is 13.1. The third-order valence-electron chi connectivity index (χ3n) is 2.26. The van der Waals surface area contributed by atoms with Crippen LogP contribution in [0.15, 0.2) is 28.7 Å². The number of hydrogen-bond donors (Lipinski definition) is 1. The molecule has 2 N–H and O–H groups in total. The molecule has 0 aliphatic rings. The molecule has 0 spiro atoms. The van der Waals surface area contributed by atoms with E-state index >= 15 is 0 Å². The lowest BCUT2D eigenvalue weighted by atomic mass is 10.0. The molecule has 0 atom stereocenters. The molecule has 0 saturated heterocycles. The monoisotopic (exact) mass is 262 g/mol. The van der Waals surface area contributed by atoms with Crippen LogP contribution in [0.5, 0.6) is 0 Å². The largest absolute Gasteiger partial charge is 0.434 e. The Labute approximate surface area is 102 Å². The molecule has 1 aromatic rings. The van der Waals surface area contributed by atoms with E-state index in [1.165, 1.54) is 12.1 Å². The first-order valence-corrected chi connectivity index (χ1v) is 5.81. The summed E-state index contributed by atoms with van der Waals surface area (Å²) in [5.74, 6) is 0.277. The third kappa shape index (κ3) is 3.74. The van der Waals surface area contributed by atoms with Gasteiger partial charge in [0.2, 0.25) is 0 Å². The second kappa shape index (κ2) is 5.55. The van der Waals surface area contributed by atoms with Crippen LogP contribution in [0.4, 0.5) is 13.2 Å². The van der Waals surface area contributed by atoms with Gasteiger partial charge in [-0.05, 0) is 11.5 Å². The summed E-state index contributed by atoms with van der Waals surface area (Å²) >= 11 is 0.310. The minimum Gasteiger partial charge on any atom is -0.258 e. The van der Waals surface area contributed by atoms with E-state index in [1.807, 2.05) is 13.8 Å². The lowest BCUT2D eigenvalue weighted by Gasteiger charge is -2.11. The molecule has 0 aromatic heterocycles. The molecule has 0 amide bonds. The minimum atomic E-state index is -4.49. The summed E-state index contributed by atoms with van der Waals surface area (Å²) < 4.78 is 41.2. The fourth-order valence-corrected chi connectivity index (χ4v) is 1.66. The Morgan fingerprint density at radius 1 is 1.24 bits per heavy atom. The van der Waals surface area contributed by atoms with Gasteiger partial charge in [0.1, 0.15) is 0 Å². The van der Waals surface area contributed by atoms with E-state index in [4.69, 9.17) is 5.14 Å². The van der Waals surface area contributed by atoms with E-state index < -0.39 is 11.9 Å². The van der Waals surface area contributed by atoms with Crippen molar-refractivity contribution in [1.82, 2.24) is 0 Å². The Bertz CT molecular complexity index is 396. The number of alkyl halides is 3. The Balaban J connectivity index is 3.09. The topological polar surface area (TPSA) is 38.4 Å². The van der Waals surface area contributed by atoms with E-state index in [2.05, 4.69) is 4.40 Å². The van der Waals surface area contributed by atoms with Crippen LogP contribution in [0.1, 0.15) is 30.9 Å². The Hall–Kier alpha value is -1.01. The van der Waals surface area contributed by atoms with E-state index in [-0.39, 0.29) is 11.5 Å². The Morgan fingerprint density at radius 2 is 1.76 bits per heavy atom. The lowest BCUT2D eigenvalue weighted by Crippen LogP contribution is -2.23. The van der Waals surface area contributed by atoms with Crippen LogP contribution < -0.4 is 5.14 Å². The van der Waals surface area contributed by atoms with Crippen molar-refractivity contribution in [3.8, 4) is 0 Å². The summed E-state index contributed by atoms with van der Waals surface area (Å²) in [6.07, 6.45) is -4.49. The van der Waals surface area contributed by atoms with Gasteiger partial charge in [-0.3, -0.25) is 5.14 Å². The highest BCUT2D eigenvalue weighted by molar-refractivity contribution is 7.95. The van der Waals surface area contributed by atoms with Gasteiger partial charge >= 0.3 is 6.18 Å². The van der Waals surface area contributed by atoms with Crippen LogP contribution >= 0.6 is 12.1 Å². The predicted molar refractivity (Wildman–Crippen MR) is 64.9 cm³/mol. The van der Waals surface area contributed by atoms with Crippen LogP contribution in [0.3, 0.4) is 0 Å². The van der Waals surface area contributed by atoms with Crippen molar-refractivity contribution in [2.24, 2.45) is 9.54 Å². The highest BCUT2D eigenvalue weighted by atomic mass is 32.2. The van der Waals surface area contributed by atoms with Gasteiger partial charge in [-0.15, -0.1) is 0 Å². The van der Waals surface area contributed by atoms with Crippen molar-refractivity contribution in [3.63, 3.8) is 0 Å². The average Bonchev–Trinajstić information content (AvgIpc) is 2.24. The van der Waals surface area contributed by atoms with E-state index in [0.29, 0.717) is 12.1 Å². The molecule has 1 aromatic carbocycles. The predicted octanol–water partition coefficient (Wildman–Crippen LogP) is 3.68. The number of benzene rings is 1. The SMILES string of the molecule is CC(C)c1ccc(/C(=N/SN)C(F)(F)F)cc1. The minimum absolute atomic E-state index is 0.0276. The van der Waals surface area contributed by atoms with E-state index in [9.17, 15) is 13.2 Å². The smallest absolute Gasteiger partial charge is 0.258 e. The van der Waals surface area contributed by atoms with Crippen molar-refractivity contribution >= 4 is 17.8 Å². The molecule has 0 fully saturated rings. The van der Waals surface area contributed by atoms with Crippen LogP contribution in [-0.2, 0) is 0 Å². The standard InChI is InChI=1S/C11H13F3N2S/c1-7(2)8-3-5-9(6-4-8)10(16-17-15)11(12,13)14/h3-7H,15H2,1-2H3/b16-10-. The van der Waals surface area contributed by atoms with Gasteiger partial charge in [0.25, 0.3) is 0 Å². The molecule has 94 valence electrons. The first-order valence-electron chi connectivity index (χ1n) is 4.97. The Kier molecular flexibility index (Phi) is 4.59. The molecular formula is C11H13F3N2S. The molecule has 0 saturated carbocycles. The second-order valence-electron chi connectivity index (χ2n) is 3.82. The summed E-state index contributed by atoms with van der Waals surface area (Å²) in [6.45, 7) is 3.95. The normalized spacial score (nSPS) is 13.2. The first-order chi connectivity index (χ1) is 7.86. The lowest BCUT2D eigenvalue weighted by molar-refractivity contribution is -0.0578. The number of rotatable bonds is 3. The highest BCUT2D eigenvalue weighted by Gasteiger charge is 2.36. The van der Waals surface area contributed by atoms with Crippen molar-refractivity contribution in [2.75, 3.05) is 0 Å². The molecule has 1 rings (SSSR count). The van der Waals surface area contributed by atoms with Gasteiger partial charge in [0.05, 0.1) is 12.1 Å². The van der Waals surface area contributed by atoms with Gasteiger partial charge < -0.3 is 0 Å². The van der Waals surface area contributed by atoms with Gasteiger partial charge in [0, 0.05) is 5.56 Å². The van der Waals surface area contributed by atoms with Crippen LogP contribution in [-0.4, -0.2) is 11.9 Å². The molecule has 0 aliphatic heterocycles. The second-order valence-corrected chi connectivity index (χ2v) is 4.21. The van der Waals surface area contributed by atoms with Crippen molar-refractivity contribution in [2.45, 2.75) is 25.9 Å². The summed E-state index contributed by atoms with van der Waals surface area (Å²) in [5.41, 5.74) is 0.0517. The molecule has 0 radical (unpaired) electrons. The quantitative estimate of drug-likeness (QED) is 0.666. The molecule has 0 unspecified atom stereocenters. The molecule has 0 aliphatic carbocycles. The fourth-order valence-electron chi connectivity index (χ4n) is 1.35. The molecular weight excluding hydrogens is 249 g/mol. The molecule has 2 nitrogen and oxygen atoms in total. The number of nitrogens with zero attached hydrogens (tertiary/aromatic N) is 1. The van der Waals surface area contributed by atoms with Gasteiger partial charge in [-0.2, -0.15) is 17.6 Å². The van der Waals surface area contributed by atoms with Gasteiger partial charge in [-0.1, -0.05) is 38.1 Å². The Morgan fingerprint density at radius 3 is 2.12 bits per heavy atom. The van der Waals surface area contributed by atoms with E-state index in [1.54, 1.807) is 12.1 Å². The summed E-state index contributed by atoms with van der Waals surface area (Å²) in [7, 11) is 0. The van der Waals surface area contributed by atoms with Crippen molar-refractivity contribution in [1.29, 1.82) is 0 Å². The third-order valence-corrected chi connectivity index (χ3v) is 2.55. The zero-order valence-corrected chi connectivity index (χ0v) is 10.3. The fraction of sp³-hybridized carbons (Fsp3) is 0.364. The number of nitrogens with two attached hydrogens (primary N) is 1. The van der Waals surface area contributed by atoms with Crippen LogP contribution in [0.2, 0.25) is 0 Å². The molecule has 0 bridgehead atoms. The summed E-state index contributed by atoms with van der Waals surface area (Å²) in [6, 6.07) is 6.17. The maximum absolute atomic E-state index is 12.7. The van der Waals surface area contributed by atoms with Crippen molar-refractivity contribution < 1.29 is 13.2 Å². The van der Waals surface area contributed by atoms with Crippen molar-refractivity contribution in [3.05, 3.63) is 35.4 Å². The van der Waals surface area contributed by atoms with Gasteiger partial charge in [0.15, 0.2) is 5.71 Å². The average molecular weight is 262 g/mol. The number of halogens is 3. The molecule has 6 heteroatoms. The summed E-state index contributed by atoms with van der Waals surface area (Å²) in [5, 5.41) is 4.97. The number of hydrogen-bond acceptors (Lipinski definition) is 3. The van der Waals surface area contributed by atoms with Crippen LogP contribution in [0.25, 0.3) is 0 Å². The first kappa shape index (κ1) is 14.1. The highest BCUT2D eigenvalue weighted by Crippen LogP contribution is 2.25. The summed E-state index contributed by atoms with van der Waals surface area (Å²) in [4.78, 5) is 0. The maximum Gasteiger partial charge on any atom is 0.434 e. The molecule has 0 heterocycles. The van der Waals surface area contributed by atoms with E-state index in [0.717, 1.165) is 5.56 Å². The van der Waals surface area contributed by atoms with Crippen LogP contribution in [0, 0.1) is 0 Å². The maximum atomic E-state index is 12.7. The molecule has 17 heavy (non-hydrogen) atoms. The zero-order valence-electron chi connectivity index (χ0n) is 9.45. The van der Waals surface area contributed by atoms with Gasteiger partial charge in [-0.25, -0.2) is 0 Å².